The van der Waals surface area contributed by atoms with Crippen molar-refractivity contribution >= 4 is 34.3 Å². The van der Waals surface area contributed by atoms with Crippen LogP contribution in [-0.2, 0) is 15.1 Å². The van der Waals surface area contributed by atoms with Gasteiger partial charge in [0, 0.05) is 35.6 Å². The Morgan fingerprint density at radius 3 is 2.27 bits per heavy atom. The van der Waals surface area contributed by atoms with E-state index in [-0.39, 0.29) is 5.97 Å². The normalized spacial score (nSPS) is 21.9. The number of carbonyl (C=O) groups excluding carboxylic acids is 1. The SMILES string of the molecule is COC(=O)C1SC(N(C)C2CCCCC2)=NC12c1ccccc1Nc1ccccc12. The van der Waals surface area contributed by atoms with E-state index in [9.17, 15) is 4.79 Å². The number of benzene rings is 2. The number of ether oxygens (including phenoxy) is 1. The van der Waals surface area contributed by atoms with Crippen LogP contribution in [0.5, 0.6) is 0 Å². The number of nitrogens with zero attached hydrogens (tertiary/aromatic N) is 2. The molecule has 1 N–H and O–H groups in total. The van der Waals surface area contributed by atoms with E-state index in [0.717, 1.165) is 27.7 Å². The molecule has 1 saturated carbocycles. The molecule has 6 heteroatoms. The number of para-hydroxylation sites is 2. The van der Waals surface area contributed by atoms with Gasteiger partial charge in [-0.3, -0.25) is 4.79 Å². The molecule has 0 radical (unpaired) electrons. The van der Waals surface area contributed by atoms with Gasteiger partial charge in [0.2, 0.25) is 0 Å². The summed E-state index contributed by atoms with van der Waals surface area (Å²) in [6.07, 6.45) is 6.19. The molecule has 30 heavy (non-hydrogen) atoms. The Morgan fingerprint density at radius 1 is 1.07 bits per heavy atom. The van der Waals surface area contributed by atoms with Gasteiger partial charge in [-0.05, 0) is 25.0 Å². The lowest BCUT2D eigenvalue weighted by Crippen LogP contribution is -2.42. The second kappa shape index (κ2) is 7.65. The molecule has 5 nitrogen and oxygen atoms in total. The number of hydrogen-bond donors (Lipinski definition) is 1. The summed E-state index contributed by atoms with van der Waals surface area (Å²) in [5, 5.41) is 4.00. The maximum absolute atomic E-state index is 13.1. The molecule has 1 aliphatic carbocycles. The molecule has 1 unspecified atom stereocenters. The van der Waals surface area contributed by atoms with E-state index in [1.54, 1.807) is 11.8 Å². The second-order valence-electron chi connectivity index (χ2n) is 8.30. The number of amidine groups is 1. The van der Waals surface area contributed by atoms with Crippen molar-refractivity contribution in [2.75, 3.05) is 19.5 Å². The van der Waals surface area contributed by atoms with Crippen LogP contribution in [0.4, 0.5) is 11.4 Å². The average Bonchev–Trinajstić information content (AvgIpc) is 3.20. The van der Waals surface area contributed by atoms with Crippen LogP contribution in [0.3, 0.4) is 0 Å². The molecule has 5 rings (SSSR count). The molecule has 3 aliphatic rings. The van der Waals surface area contributed by atoms with Crippen molar-refractivity contribution in [3.8, 4) is 0 Å². The maximum atomic E-state index is 13.1. The fourth-order valence-corrected chi connectivity index (χ4v) is 6.47. The van der Waals surface area contributed by atoms with Gasteiger partial charge in [0.05, 0.1) is 7.11 Å². The summed E-state index contributed by atoms with van der Waals surface area (Å²) in [4.78, 5) is 20.8. The van der Waals surface area contributed by atoms with Crippen LogP contribution in [0.2, 0.25) is 0 Å². The highest BCUT2D eigenvalue weighted by atomic mass is 32.2. The lowest BCUT2D eigenvalue weighted by atomic mass is 9.76. The molecule has 2 aromatic rings. The molecule has 1 spiro atoms. The van der Waals surface area contributed by atoms with Crippen molar-refractivity contribution in [2.24, 2.45) is 4.99 Å². The molecule has 0 bridgehead atoms. The van der Waals surface area contributed by atoms with E-state index in [2.05, 4.69) is 41.5 Å². The van der Waals surface area contributed by atoms with E-state index < -0.39 is 10.8 Å². The lowest BCUT2D eigenvalue weighted by molar-refractivity contribution is -0.140. The number of hydrogen-bond acceptors (Lipinski definition) is 6. The molecule has 0 saturated heterocycles. The Balaban J connectivity index is 1.69. The van der Waals surface area contributed by atoms with E-state index in [0.29, 0.717) is 6.04 Å². The Hall–Kier alpha value is -2.47. The molecule has 0 aromatic heterocycles. The highest BCUT2D eigenvalue weighted by Crippen LogP contribution is 2.55. The third-order valence-electron chi connectivity index (χ3n) is 6.66. The van der Waals surface area contributed by atoms with Crippen molar-refractivity contribution in [2.45, 2.75) is 48.9 Å². The van der Waals surface area contributed by atoms with Gasteiger partial charge in [-0.25, -0.2) is 4.99 Å². The van der Waals surface area contributed by atoms with Crippen molar-refractivity contribution in [1.29, 1.82) is 0 Å². The molecule has 2 aromatic carbocycles. The number of carbonyl (C=O) groups is 1. The highest BCUT2D eigenvalue weighted by molar-refractivity contribution is 8.15. The fourth-order valence-electron chi connectivity index (χ4n) is 5.08. The van der Waals surface area contributed by atoms with Crippen LogP contribution < -0.4 is 5.32 Å². The van der Waals surface area contributed by atoms with Gasteiger partial charge in [0.25, 0.3) is 0 Å². The number of fused-ring (bicyclic) bond motifs is 4. The first-order chi connectivity index (χ1) is 14.6. The number of rotatable bonds is 2. The van der Waals surface area contributed by atoms with Crippen molar-refractivity contribution in [1.82, 2.24) is 4.90 Å². The van der Waals surface area contributed by atoms with Crippen LogP contribution in [0, 0.1) is 0 Å². The zero-order valence-corrected chi connectivity index (χ0v) is 18.2. The predicted octanol–water partition coefficient (Wildman–Crippen LogP) is 4.90. The molecule has 156 valence electrons. The van der Waals surface area contributed by atoms with Crippen LogP contribution >= 0.6 is 11.8 Å². The molecule has 2 aliphatic heterocycles. The number of anilines is 2. The Labute approximate surface area is 181 Å². The van der Waals surface area contributed by atoms with Gasteiger partial charge in [0.15, 0.2) is 5.17 Å². The number of nitrogens with one attached hydrogen (secondary N) is 1. The van der Waals surface area contributed by atoms with Crippen molar-refractivity contribution in [3.05, 3.63) is 59.7 Å². The van der Waals surface area contributed by atoms with Gasteiger partial charge < -0.3 is 15.0 Å². The number of methoxy groups -OCH3 is 1. The molecular formula is C24H27N3O2S. The van der Waals surface area contributed by atoms with E-state index in [1.807, 2.05) is 24.3 Å². The molecule has 2 heterocycles. The van der Waals surface area contributed by atoms with Gasteiger partial charge in [-0.15, -0.1) is 0 Å². The number of esters is 1. The Bertz CT molecular complexity index is 954. The van der Waals surface area contributed by atoms with E-state index in [1.165, 1.54) is 39.2 Å². The molecule has 1 fully saturated rings. The second-order valence-corrected chi connectivity index (χ2v) is 9.37. The topological polar surface area (TPSA) is 53.9 Å². The first-order valence-electron chi connectivity index (χ1n) is 10.7. The summed E-state index contributed by atoms with van der Waals surface area (Å²) in [6.45, 7) is 0. The average molecular weight is 422 g/mol. The molecule has 0 amide bonds. The Kier molecular flexibility index (Phi) is 4.97. The van der Waals surface area contributed by atoms with Crippen LogP contribution in [0.1, 0.15) is 43.2 Å². The minimum atomic E-state index is -0.797. The van der Waals surface area contributed by atoms with Gasteiger partial charge in [0.1, 0.15) is 10.8 Å². The summed E-state index contributed by atoms with van der Waals surface area (Å²) >= 11 is 1.55. The summed E-state index contributed by atoms with van der Waals surface area (Å²) in [5.74, 6) is -0.234. The minimum absolute atomic E-state index is 0.234. The smallest absolute Gasteiger partial charge is 0.322 e. The van der Waals surface area contributed by atoms with Gasteiger partial charge in [-0.2, -0.15) is 0 Å². The monoisotopic (exact) mass is 421 g/mol. The predicted molar refractivity (Wildman–Crippen MR) is 122 cm³/mol. The van der Waals surface area contributed by atoms with Crippen LogP contribution in [0.15, 0.2) is 53.5 Å². The quantitative estimate of drug-likeness (QED) is 0.699. The fraction of sp³-hybridized carbons (Fsp3) is 0.417. The Morgan fingerprint density at radius 2 is 1.67 bits per heavy atom. The minimum Gasteiger partial charge on any atom is -0.468 e. The first-order valence-corrected chi connectivity index (χ1v) is 11.6. The standard InChI is InChI=1S/C24H27N3O2S/c1-27(16-10-4-3-5-11-16)23-26-24(21(30-23)22(28)29-2)17-12-6-8-14-19(17)25-20-15-9-7-13-18(20)24/h6-9,12-16,21,25H,3-5,10-11H2,1-2H3. The van der Waals surface area contributed by atoms with Crippen LogP contribution in [0.25, 0.3) is 0 Å². The third-order valence-corrected chi connectivity index (χ3v) is 8.02. The van der Waals surface area contributed by atoms with Crippen molar-refractivity contribution < 1.29 is 9.53 Å². The summed E-state index contributed by atoms with van der Waals surface area (Å²) in [5.41, 5.74) is 3.25. The third kappa shape index (κ3) is 2.92. The largest absolute Gasteiger partial charge is 0.468 e. The zero-order chi connectivity index (χ0) is 20.7. The van der Waals surface area contributed by atoms with E-state index >= 15 is 0 Å². The molecular weight excluding hydrogens is 394 g/mol. The summed E-state index contributed by atoms with van der Waals surface area (Å²) in [7, 11) is 3.60. The van der Waals surface area contributed by atoms with Crippen molar-refractivity contribution in [3.63, 3.8) is 0 Å². The van der Waals surface area contributed by atoms with Gasteiger partial charge in [-0.1, -0.05) is 67.4 Å². The first kappa shape index (κ1) is 19.5. The number of aliphatic imine (C=N–C) groups is 1. The zero-order valence-electron chi connectivity index (χ0n) is 17.4. The summed E-state index contributed by atoms with van der Waals surface area (Å²) in [6, 6.07) is 16.8. The van der Waals surface area contributed by atoms with Gasteiger partial charge >= 0.3 is 5.97 Å². The lowest BCUT2D eigenvalue weighted by Gasteiger charge is -2.38. The summed E-state index contributed by atoms with van der Waals surface area (Å²) < 4.78 is 5.29. The van der Waals surface area contributed by atoms with Crippen LogP contribution in [-0.4, -0.2) is 41.5 Å². The maximum Gasteiger partial charge on any atom is 0.322 e. The number of thioether (sulfide) groups is 1. The van der Waals surface area contributed by atoms with E-state index in [4.69, 9.17) is 9.73 Å². The molecule has 1 atom stereocenters. The highest BCUT2D eigenvalue weighted by Gasteiger charge is 2.56.